The van der Waals surface area contributed by atoms with Gasteiger partial charge in [-0.2, -0.15) is 0 Å². The van der Waals surface area contributed by atoms with Crippen LogP contribution in [0.1, 0.15) is 24.3 Å². The summed E-state index contributed by atoms with van der Waals surface area (Å²) in [5.41, 5.74) is 3.06. The van der Waals surface area contributed by atoms with Crippen LogP contribution in [-0.4, -0.2) is 18.4 Å². The van der Waals surface area contributed by atoms with E-state index in [1.807, 2.05) is 54.8 Å². The number of benzene rings is 2. The highest BCUT2D eigenvalue weighted by molar-refractivity contribution is 7.11. The minimum absolute atomic E-state index is 0.276. The van der Waals surface area contributed by atoms with Gasteiger partial charge in [0.15, 0.2) is 0 Å². The summed E-state index contributed by atoms with van der Waals surface area (Å²) >= 11 is 1.43. The molecule has 0 spiro atoms. The second kappa shape index (κ2) is 8.55. The van der Waals surface area contributed by atoms with Crippen molar-refractivity contribution in [1.29, 1.82) is 0 Å². The third kappa shape index (κ3) is 3.62. The summed E-state index contributed by atoms with van der Waals surface area (Å²) in [4.78, 5) is 28.8. The molecule has 2 amide bonds. The van der Waals surface area contributed by atoms with Crippen LogP contribution in [0.25, 0.3) is 5.57 Å². The summed E-state index contributed by atoms with van der Waals surface area (Å²) in [5, 5.41) is 5.09. The molecule has 0 bridgehead atoms. The number of thiophene rings is 1. The van der Waals surface area contributed by atoms with Crippen LogP contribution in [0.4, 0.5) is 11.4 Å². The molecule has 0 unspecified atom stereocenters. The maximum Gasteiger partial charge on any atom is 0.282 e. The molecule has 6 heteroatoms. The first kappa shape index (κ1) is 19.9. The number of amides is 2. The highest BCUT2D eigenvalue weighted by Crippen LogP contribution is 2.38. The van der Waals surface area contributed by atoms with Crippen LogP contribution >= 0.6 is 11.3 Å². The molecule has 0 saturated carbocycles. The number of para-hydroxylation sites is 2. The number of carbonyl (C=O) groups is 2. The molecule has 152 valence electrons. The molecule has 30 heavy (non-hydrogen) atoms. The number of hydrogen-bond donors (Lipinski definition) is 1. The van der Waals surface area contributed by atoms with Gasteiger partial charge in [-0.25, -0.2) is 4.90 Å². The maximum atomic E-state index is 13.4. The number of aryl methyl sites for hydroxylation is 1. The predicted octanol–water partition coefficient (Wildman–Crippen LogP) is 5.11. The van der Waals surface area contributed by atoms with Crippen molar-refractivity contribution in [2.24, 2.45) is 0 Å². The fraction of sp³-hybridized carbons (Fsp3) is 0.167. The molecular weight excluding hydrogens is 396 g/mol. The first-order valence-corrected chi connectivity index (χ1v) is 10.8. The van der Waals surface area contributed by atoms with E-state index in [-0.39, 0.29) is 11.6 Å². The van der Waals surface area contributed by atoms with Crippen molar-refractivity contribution in [3.63, 3.8) is 0 Å². The van der Waals surface area contributed by atoms with E-state index in [2.05, 4.69) is 12.2 Å². The molecule has 5 nitrogen and oxygen atoms in total. The Balaban J connectivity index is 1.77. The number of carbonyl (C=O) groups excluding carboxylic acids is 2. The highest BCUT2D eigenvalue weighted by atomic mass is 32.1. The molecule has 0 fully saturated rings. The summed E-state index contributed by atoms with van der Waals surface area (Å²) in [5.74, 6) is -0.252. The number of imide groups is 1. The fourth-order valence-electron chi connectivity index (χ4n) is 3.40. The van der Waals surface area contributed by atoms with Gasteiger partial charge in [-0.15, -0.1) is 11.3 Å². The van der Waals surface area contributed by atoms with Gasteiger partial charge in [-0.3, -0.25) is 9.59 Å². The molecule has 0 atom stereocenters. The Morgan fingerprint density at radius 2 is 1.70 bits per heavy atom. The Hall–Kier alpha value is -3.38. The number of nitrogens with one attached hydrogen (secondary N) is 1. The Morgan fingerprint density at radius 1 is 0.933 bits per heavy atom. The fourth-order valence-corrected chi connectivity index (χ4v) is 4.17. The van der Waals surface area contributed by atoms with Gasteiger partial charge >= 0.3 is 0 Å². The monoisotopic (exact) mass is 418 g/mol. The Labute approximate surface area is 179 Å². The number of rotatable bonds is 7. The molecule has 4 rings (SSSR count). The zero-order chi connectivity index (χ0) is 21.1. The van der Waals surface area contributed by atoms with Crippen LogP contribution in [-0.2, 0) is 16.0 Å². The van der Waals surface area contributed by atoms with Crippen LogP contribution in [0.5, 0.6) is 5.75 Å². The third-order valence-corrected chi connectivity index (χ3v) is 5.78. The highest BCUT2D eigenvalue weighted by Gasteiger charge is 2.41. The molecule has 1 aliphatic rings. The average molecular weight is 419 g/mol. The lowest BCUT2D eigenvalue weighted by molar-refractivity contribution is -0.120. The molecule has 1 N–H and O–H groups in total. The Bertz CT molecular complexity index is 1100. The minimum atomic E-state index is -0.393. The lowest BCUT2D eigenvalue weighted by Gasteiger charge is -2.19. The summed E-state index contributed by atoms with van der Waals surface area (Å²) in [6.45, 7) is 4.40. The second-order valence-electron chi connectivity index (χ2n) is 6.75. The lowest BCUT2D eigenvalue weighted by atomic mass is 10.1. The van der Waals surface area contributed by atoms with Crippen LogP contribution in [0, 0.1) is 0 Å². The topological polar surface area (TPSA) is 58.6 Å². The van der Waals surface area contributed by atoms with Crippen molar-refractivity contribution in [3.8, 4) is 5.75 Å². The number of anilines is 2. The summed E-state index contributed by atoms with van der Waals surface area (Å²) in [6, 6.07) is 18.7. The van der Waals surface area contributed by atoms with Crippen LogP contribution in [0.2, 0.25) is 0 Å². The quantitative estimate of drug-likeness (QED) is 0.542. The van der Waals surface area contributed by atoms with E-state index in [4.69, 9.17) is 4.74 Å². The van der Waals surface area contributed by atoms with E-state index in [0.29, 0.717) is 23.6 Å². The van der Waals surface area contributed by atoms with Crippen molar-refractivity contribution in [1.82, 2.24) is 0 Å². The lowest BCUT2D eigenvalue weighted by Crippen LogP contribution is -2.32. The minimum Gasteiger partial charge on any atom is -0.492 e. The zero-order valence-corrected chi connectivity index (χ0v) is 17.7. The second-order valence-corrected chi connectivity index (χ2v) is 7.70. The van der Waals surface area contributed by atoms with E-state index >= 15 is 0 Å². The largest absolute Gasteiger partial charge is 0.492 e. The van der Waals surface area contributed by atoms with Crippen molar-refractivity contribution in [2.45, 2.75) is 20.3 Å². The Kier molecular flexibility index (Phi) is 5.68. The van der Waals surface area contributed by atoms with E-state index in [0.717, 1.165) is 17.0 Å². The normalized spacial score (nSPS) is 13.9. The van der Waals surface area contributed by atoms with Gasteiger partial charge in [0, 0.05) is 10.6 Å². The molecule has 0 aliphatic carbocycles. The Morgan fingerprint density at radius 3 is 2.37 bits per heavy atom. The molecule has 1 aromatic heterocycles. The molecule has 2 aromatic carbocycles. The van der Waals surface area contributed by atoms with Gasteiger partial charge < -0.3 is 10.1 Å². The molecule has 0 radical (unpaired) electrons. The van der Waals surface area contributed by atoms with Gasteiger partial charge in [0.2, 0.25) is 0 Å². The zero-order valence-electron chi connectivity index (χ0n) is 16.8. The maximum absolute atomic E-state index is 13.4. The molecule has 2 heterocycles. The van der Waals surface area contributed by atoms with Gasteiger partial charge in [0.05, 0.1) is 17.9 Å². The van der Waals surface area contributed by atoms with E-state index < -0.39 is 5.91 Å². The van der Waals surface area contributed by atoms with Gasteiger partial charge in [-0.1, -0.05) is 37.3 Å². The predicted molar refractivity (Wildman–Crippen MR) is 121 cm³/mol. The standard InChI is InChI=1S/C24H22N2O3S/c1-3-16-11-13-17(14-12-16)25-22-21(20-10-7-15-30-20)23(27)26(24(22)28)18-8-5-6-9-19(18)29-4-2/h5-15,25H,3-4H2,1-2H3. The van der Waals surface area contributed by atoms with Crippen LogP contribution < -0.4 is 15.0 Å². The van der Waals surface area contributed by atoms with Crippen LogP contribution in [0.15, 0.2) is 71.7 Å². The van der Waals surface area contributed by atoms with Crippen LogP contribution in [0.3, 0.4) is 0 Å². The van der Waals surface area contributed by atoms with Crippen molar-refractivity contribution >= 4 is 40.1 Å². The summed E-state index contributed by atoms with van der Waals surface area (Å²) < 4.78 is 5.67. The molecule has 0 saturated heterocycles. The molecular formula is C24H22N2O3S. The number of ether oxygens (including phenoxy) is 1. The first-order valence-electron chi connectivity index (χ1n) is 9.88. The number of hydrogen-bond acceptors (Lipinski definition) is 5. The van der Waals surface area contributed by atoms with E-state index in [1.54, 1.807) is 18.2 Å². The van der Waals surface area contributed by atoms with Gasteiger partial charge in [0.25, 0.3) is 11.8 Å². The van der Waals surface area contributed by atoms with E-state index in [1.165, 1.54) is 21.8 Å². The van der Waals surface area contributed by atoms with Crippen molar-refractivity contribution in [3.05, 3.63) is 82.2 Å². The SMILES string of the molecule is CCOc1ccccc1N1C(=O)C(Nc2ccc(CC)cc2)=C(c2cccs2)C1=O. The van der Waals surface area contributed by atoms with Gasteiger partial charge in [-0.05, 0) is 54.6 Å². The summed E-state index contributed by atoms with van der Waals surface area (Å²) in [6.07, 6.45) is 0.933. The average Bonchev–Trinajstić information content (AvgIpc) is 3.36. The van der Waals surface area contributed by atoms with E-state index in [9.17, 15) is 9.59 Å². The molecule has 3 aromatic rings. The summed E-state index contributed by atoms with van der Waals surface area (Å²) in [7, 11) is 0. The smallest absolute Gasteiger partial charge is 0.282 e. The third-order valence-electron chi connectivity index (χ3n) is 4.89. The van der Waals surface area contributed by atoms with Crippen molar-refractivity contribution in [2.75, 3.05) is 16.8 Å². The molecule has 1 aliphatic heterocycles. The number of nitrogens with zero attached hydrogens (tertiary/aromatic N) is 1. The first-order chi connectivity index (χ1) is 14.6. The van der Waals surface area contributed by atoms with Crippen molar-refractivity contribution < 1.29 is 14.3 Å². The van der Waals surface area contributed by atoms with Gasteiger partial charge in [0.1, 0.15) is 11.4 Å².